The Labute approximate surface area is 365 Å². The third-order valence-corrected chi connectivity index (χ3v) is 11.8. The number of fused-ring (bicyclic) bond motifs is 9. The number of rotatable bonds is 5. The summed E-state index contributed by atoms with van der Waals surface area (Å²) in [7, 11) is 0. The molecule has 5 heterocycles. The minimum atomic E-state index is -0.0286. The van der Waals surface area contributed by atoms with E-state index in [1.54, 1.807) is 0 Å². The van der Waals surface area contributed by atoms with Crippen LogP contribution in [0.4, 0.5) is 0 Å². The molecular formula is C53H45N5OPt. The molecule has 5 aromatic carbocycles. The summed E-state index contributed by atoms with van der Waals surface area (Å²) < 4.78 is 11.2. The Morgan fingerprint density at radius 2 is 1.22 bits per heavy atom. The minimum absolute atomic E-state index is 0. The molecule has 0 bridgehead atoms. The fraction of sp³-hybridized carbons (Fsp3) is 0.189. The molecule has 60 heavy (non-hydrogen) atoms. The van der Waals surface area contributed by atoms with Crippen molar-refractivity contribution in [3.05, 3.63) is 161 Å². The van der Waals surface area contributed by atoms with E-state index in [0.29, 0.717) is 11.5 Å². The van der Waals surface area contributed by atoms with E-state index in [0.717, 1.165) is 77.6 Å². The van der Waals surface area contributed by atoms with Crippen LogP contribution >= 0.6 is 0 Å². The van der Waals surface area contributed by atoms with Gasteiger partial charge in [-0.1, -0.05) is 103 Å². The van der Waals surface area contributed by atoms with Crippen LogP contribution < -0.4 is 4.74 Å². The van der Waals surface area contributed by atoms with Crippen molar-refractivity contribution in [1.82, 2.24) is 23.9 Å². The van der Waals surface area contributed by atoms with E-state index in [-0.39, 0.29) is 26.5 Å². The number of imidazole rings is 1. The maximum Gasteiger partial charge on any atom is 2.00 e. The van der Waals surface area contributed by atoms with E-state index in [9.17, 15) is 0 Å². The molecule has 6 nitrogen and oxygen atoms in total. The predicted octanol–water partition coefficient (Wildman–Crippen LogP) is 13.4. The van der Waals surface area contributed by atoms with Crippen molar-refractivity contribution >= 4 is 49.3 Å². The fourth-order valence-electron chi connectivity index (χ4n) is 9.32. The number of ether oxygens (including phenoxy) is 1. The molecule has 0 N–H and O–H groups in total. The monoisotopic (exact) mass is 962 g/mol. The van der Waals surface area contributed by atoms with E-state index < -0.39 is 0 Å². The second-order valence-corrected chi connectivity index (χ2v) is 17.2. The molecule has 0 aliphatic rings. The quantitative estimate of drug-likeness (QED) is 0.127. The van der Waals surface area contributed by atoms with Gasteiger partial charge >= 0.3 is 21.1 Å². The van der Waals surface area contributed by atoms with Crippen LogP contribution in [0.15, 0.2) is 109 Å². The molecule has 0 fully saturated rings. The van der Waals surface area contributed by atoms with E-state index in [1.807, 2.05) is 30.6 Å². The molecule has 0 atom stereocenters. The molecule has 7 heteroatoms. The first-order valence-corrected chi connectivity index (χ1v) is 20.3. The first kappa shape index (κ1) is 39.4. The zero-order chi connectivity index (χ0) is 40.9. The standard InChI is InChI=1S/C53H45N5O.Pt/c1-30-23-32(3)47(33(4)24-30)49-50(48-34(5)25-31(2)26-35(48)6)58-51-42(14-12-21-55-51)39-18-16-37(28-43(39)52(58)56-49)59-38-17-19-41-40-13-10-11-15-44(40)57(45(41)29-38)46-27-36(20-22-54-46)53(7,8)9;/h10-27H,1-9H3;/q-2;+2. The Bertz CT molecular complexity index is 3320. The second kappa shape index (κ2) is 14.6. The molecule has 10 rings (SSSR count). The average molecular weight is 963 g/mol. The van der Waals surface area contributed by atoms with Crippen LogP contribution in [-0.2, 0) is 26.5 Å². The van der Waals surface area contributed by atoms with Crippen molar-refractivity contribution in [2.45, 2.75) is 67.7 Å². The normalized spacial score (nSPS) is 11.9. The number of hydrogen-bond donors (Lipinski definition) is 0. The number of nitrogens with zero attached hydrogens (tertiary/aromatic N) is 5. The van der Waals surface area contributed by atoms with Gasteiger partial charge in [0.1, 0.15) is 11.5 Å². The van der Waals surface area contributed by atoms with E-state index >= 15 is 0 Å². The van der Waals surface area contributed by atoms with Crippen molar-refractivity contribution in [1.29, 1.82) is 0 Å². The average Bonchev–Trinajstić information content (AvgIpc) is 3.73. The van der Waals surface area contributed by atoms with Gasteiger partial charge in [0.25, 0.3) is 0 Å². The van der Waals surface area contributed by atoms with Gasteiger partial charge in [-0.15, -0.1) is 29.7 Å². The molecule has 0 unspecified atom stereocenters. The summed E-state index contributed by atoms with van der Waals surface area (Å²) >= 11 is 0. The topological polar surface area (TPSA) is 57.2 Å². The number of aromatic nitrogens is 5. The van der Waals surface area contributed by atoms with Gasteiger partial charge in [0.05, 0.1) is 17.0 Å². The van der Waals surface area contributed by atoms with Crippen LogP contribution in [0.5, 0.6) is 11.5 Å². The summed E-state index contributed by atoms with van der Waals surface area (Å²) in [5.74, 6) is 2.01. The van der Waals surface area contributed by atoms with Crippen LogP contribution in [0.2, 0.25) is 0 Å². The molecular weight excluding hydrogens is 918 g/mol. The molecule has 0 spiro atoms. The fourth-order valence-corrected chi connectivity index (χ4v) is 9.32. The van der Waals surface area contributed by atoms with Crippen molar-refractivity contribution in [3.8, 4) is 39.8 Å². The molecule has 10 aromatic rings. The van der Waals surface area contributed by atoms with Crippen molar-refractivity contribution < 1.29 is 25.8 Å². The first-order chi connectivity index (χ1) is 28.4. The van der Waals surface area contributed by atoms with E-state index in [4.69, 9.17) is 19.7 Å². The number of hydrogen-bond acceptors (Lipinski definition) is 4. The molecule has 0 amide bonds. The van der Waals surface area contributed by atoms with Crippen LogP contribution in [0.1, 0.15) is 59.7 Å². The molecule has 5 aromatic heterocycles. The van der Waals surface area contributed by atoms with Crippen molar-refractivity contribution in [2.24, 2.45) is 0 Å². The van der Waals surface area contributed by atoms with Crippen LogP contribution in [0, 0.1) is 53.7 Å². The summed E-state index contributed by atoms with van der Waals surface area (Å²) in [4.78, 5) is 15.5. The van der Waals surface area contributed by atoms with Gasteiger partial charge in [0, 0.05) is 40.5 Å². The summed E-state index contributed by atoms with van der Waals surface area (Å²) in [6.45, 7) is 19.8. The van der Waals surface area contributed by atoms with Gasteiger partial charge in [-0.05, 0) is 110 Å². The second-order valence-electron chi connectivity index (χ2n) is 17.2. The maximum absolute atomic E-state index is 6.73. The van der Waals surface area contributed by atoms with Crippen LogP contribution in [-0.4, -0.2) is 23.9 Å². The first-order valence-electron chi connectivity index (χ1n) is 20.3. The van der Waals surface area contributed by atoms with Crippen molar-refractivity contribution in [2.75, 3.05) is 0 Å². The summed E-state index contributed by atoms with van der Waals surface area (Å²) in [6.07, 6.45) is 3.77. The predicted molar refractivity (Wildman–Crippen MR) is 242 cm³/mol. The minimum Gasteiger partial charge on any atom is -0.503 e. The third kappa shape index (κ3) is 6.32. The largest absolute Gasteiger partial charge is 2.00 e. The summed E-state index contributed by atoms with van der Waals surface area (Å²) in [5.41, 5.74) is 16.3. The Hall–Kier alpha value is -6.10. The Kier molecular flexibility index (Phi) is 9.56. The van der Waals surface area contributed by atoms with Gasteiger partial charge < -0.3 is 13.7 Å². The molecule has 0 aliphatic carbocycles. The summed E-state index contributed by atoms with van der Waals surface area (Å²) in [6, 6.07) is 41.5. The van der Waals surface area contributed by atoms with E-state index in [2.05, 4.69) is 162 Å². The van der Waals surface area contributed by atoms with Crippen molar-refractivity contribution in [3.63, 3.8) is 0 Å². The molecule has 0 saturated heterocycles. The zero-order valence-electron chi connectivity index (χ0n) is 35.4. The molecule has 0 saturated carbocycles. The maximum atomic E-state index is 6.73. The van der Waals surface area contributed by atoms with Crippen LogP contribution in [0.25, 0.3) is 77.6 Å². The molecule has 298 valence electrons. The molecule has 0 radical (unpaired) electrons. The Morgan fingerprint density at radius 3 is 1.92 bits per heavy atom. The van der Waals surface area contributed by atoms with Gasteiger partial charge in [-0.3, -0.25) is 4.98 Å². The number of para-hydroxylation sites is 1. The number of aryl methyl sites for hydroxylation is 6. The van der Waals surface area contributed by atoms with Crippen LogP contribution in [0.3, 0.4) is 0 Å². The smallest absolute Gasteiger partial charge is 0.503 e. The number of benzene rings is 5. The Morgan fingerprint density at radius 1 is 0.583 bits per heavy atom. The van der Waals surface area contributed by atoms with Gasteiger partial charge in [0.2, 0.25) is 0 Å². The van der Waals surface area contributed by atoms with Gasteiger partial charge in [-0.2, -0.15) is 6.07 Å². The SMILES string of the molecule is Cc1cc(C)c(-c2nc3c4[c-]c(Oc5[c-]c6c(cc5)c5ccccc5n6-c5cc(C(C)(C)C)ccn5)ccc4c4cccnc4n3c2-c2c(C)cc(C)cc2C)c(C)c1.[Pt+2]. The van der Waals surface area contributed by atoms with E-state index in [1.165, 1.54) is 38.9 Å². The van der Waals surface area contributed by atoms with Gasteiger partial charge in [-0.25, -0.2) is 9.97 Å². The molecule has 0 aliphatic heterocycles. The van der Waals surface area contributed by atoms with Gasteiger partial charge in [0.15, 0.2) is 0 Å². The summed E-state index contributed by atoms with van der Waals surface area (Å²) in [5, 5.41) is 5.11. The Balaban J connectivity index is 0.00000462. The number of pyridine rings is 3. The zero-order valence-corrected chi connectivity index (χ0v) is 37.6. The third-order valence-electron chi connectivity index (χ3n) is 11.8.